The molecule has 6 nitrogen and oxygen atoms in total. The monoisotopic (exact) mass is 327 g/mol. The molecule has 1 aromatic rings. The average Bonchev–Trinajstić information content (AvgIpc) is 2.37. The quantitative estimate of drug-likeness (QED) is 0.718. The van der Waals surface area contributed by atoms with Crippen molar-refractivity contribution < 1.29 is 36.6 Å². The SMILES string of the molecule is O=C(O)C(O)CCNS(=O)(=O)c1ccccc1C(F)(F)F. The summed E-state index contributed by atoms with van der Waals surface area (Å²) >= 11 is 0. The lowest BCUT2D eigenvalue weighted by molar-refractivity contribution is -0.146. The lowest BCUT2D eigenvalue weighted by Crippen LogP contribution is -2.31. The van der Waals surface area contributed by atoms with Gasteiger partial charge in [0.25, 0.3) is 0 Å². The van der Waals surface area contributed by atoms with Gasteiger partial charge < -0.3 is 10.2 Å². The molecule has 0 aliphatic heterocycles. The first kappa shape index (κ1) is 17.4. The summed E-state index contributed by atoms with van der Waals surface area (Å²) in [7, 11) is -4.47. The number of carboxylic acids is 1. The van der Waals surface area contributed by atoms with Gasteiger partial charge >= 0.3 is 12.1 Å². The zero-order chi connectivity index (χ0) is 16.3. The third-order valence-electron chi connectivity index (χ3n) is 2.48. The van der Waals surface area contributed by atoms with E-state index in [4.69, 9.17) is 10.2 Å². The minimum atomic E-state index is -4.84. The summed E-state index contributed by atoms with van der Waals surface area (Å²) in [5, 5.41) is 17.4. The molecule has 0 aromatic heterocycles. The van der Waals surface area contributed by atoms with Crippen LogP contribution in [0.3, 0.4) is 0 Å². The Balaban J connectivity index is 2.92. The first-order valence-electron chi connectivity index (χ1n) is 5.62. The first-order chi connectivity index (χ1) is 9.55. The second-order valence-electron chi connectivity index (χ2n) is 4.03. The number of hydrogen-bond acceptors (Lipinski definition) is 4. The van der Waals surface area contributed by atoms with E-state index < -0.39 is 51.7 Å². The molecule has 0 saturated heterocycles. The Morgan fingerprint density at radius 1 is 1.29 bits per heavy atom. The number of rotatable bonds is 6. The first-order valence-corrected chi connectivity index (χ1v) is 7.11. The topological polar surface area (TPSA) is 104 Å². The van der Waals surface area contributed by atoms with Crippen LogP contribution in [0.15, 0.2) is 29.2 Å². The van der Waals surface area contributed by atoms with Crippen LogP contribution in [0.5, 0.6) is 0 Å². The molecule has 0 fully saturated rings. The summed E-state index contributed by atoms with van der Waals surface area (Å²) < 4.78 is 63.6. The molecule has 118 valence electrons. The third kappa shape index (κ3) is 4.69. The molecule has 0 bridgehead atoms. The van der Waals surface area contributed by atoms with Gasteiger partial charge in [-0.2, -0.15) is 13.2 Å². The van der Waals surface area contributed by atoms with Crippen molar-refractivity contribution in [2.45, 2.75) is 23.6 Å². The number of sulfonamides is 1. The van der Waals surface area contributed by atoms with E-state index in [1.54, 1.807) is 0 Å². The van der Waals surface area contributed by atoms with Crippen molar-refractivity contribution in [3.63, 3.8) is 0 Å². The van der Waals surface area contributed by atoms with Crippen molar-refractivity contribution in [3.8, 4) is 0 Å². The molecule has 1 rings (SSSR count). The molecule has 0 radical (unpaired) electrons. The van der Waals surface area contributed by atoms with E-state index in [-0.39, 0.29) is 0 Å². The zero-order valence-corrected chi connectivity index (χ0v) is 11.3. The number of halogens is 3. The minimum absolute atomic E-state index is 0.469. The van der Waals surface area contributed by atoms with Gasteiger partial charge in [-0.15, -0.1) is 0 Å². The Morgan fingerprint density at radius 3 is 2.38 bits per heavy atom. The maximum atomic E-state index is 12.7. The third-order valence-corrected chi connectivity index (χ3v) is 4.00. The highest BCUT2D eigenvalue weighted by atomic mass is 32.2. The van der Waals surface area contributed by atoms with E-state index in [0.29, 0.717) is 6.07 Å². The van der Waals surface area contributed by atoms with Gasteiger partial charge in [0.15, 0.2) is 6.10 Å². The molecule has 0 amide bonds. The molecule has 0 aliphatic carbocycles. The van der Waals surface area contributed by atoms with Gasteiger partial charge in [-0.3, -0.25) is 0 Å². The van der Waals surface area contributed by atoms with E-state index in [0.717, 1.165) is 18.2 Å². The molecule has 10 heteroatoms. The van der Waals surface area contributed by atoms with Gasteiger partial charge in [-0.25, -0.2) is 17.9 Å². The molecule has 0 saturated carbocycles. The highest BCUT2D eigenvalue weighted by molar-refractivity contribution is 7.89. The van der Waals surface area contributed by atoms with Crippen molar-refractivity contribution in [1.82, 2.24) is 4.72 Å². The second-order valence-corrected chi connectivity index (χ2v) is 5.77. The summed E-state index contributed by atoms with van der Waals surface area (Å²) in [4.78, 5) is 9.38. The molecule has 1 atom stereocenters. The Morgan fingerprint density at radius 2 is 1.86 bits per heavy atom. The lowest BCUT2D eigenvalue weighted by Gasteiger charge is -2.14. The van der Waals surface area contributed by atoms with Crippen molar-refractivity contribution in [2.75, 3.05) is 6.54 Å². The molecule has 0 spiro atoms. The van der Waals surface area contributed by atoms with Crippen LogP contribution in [0.4, 0.5) is 13.2 Å². The van der Waals surface area contributed by atoms with E-state index in [9.17, 15) is 26.4 Å². The molecule has 0 aliphatic rings. The summed E-state index contributed by atoms with van der Waals surface area (Å²) in [6, 6.07) is 3.60. The van der Waals surface area contributed by atoms with Crippen molar-refractivity contribution in [2.24, 2.45) is 0 Å². The number of carboxylic acid groups (broad SMARTS) is 1. The van der Waals surface area contributed by atoms with Crippen molar-refractivity contribution >= 4 is 16.0 Å². The van der Waals surface area contributed by atoms with Gasteiger partial charge in [0.2, 0.25) is 10.0 Å². The summed E-state index contributed by atoms with van der Waals surface area (Å²) in [6.07, 6.45) is -7.11. The number of benzene rings is 1. The number of carbonyl (C=O) groups is 1. The molecular formula is C11H12F3NO5S. The minimum Gasteiger partial charge on any atom is -0.479 e. The van der Waals surface area contributed by atoms with E-state index >= 15 is 0 Å². The molecular weight excluding hydrogens is 315 g/mol. The number of aliphatic hydroxyl groups excluding tert-OH is 1. The van der Waals surface area contributed by atoms with Crippen LogP contribution in [0.25, 0.3) is 0 Å². The molecule has 0 heterocycles. The number of alkyl halides is 3. The predicted molar refractivity (Wildman–Crippen MR) is 64.9 cm³/mol. The fraction of sp³-hybridized carbons (Fsp3) is 0.364. The fourth-order valence-corrected chi connectivity index (χ4v) is 2.74. The van der Waals surface area contributed by atoms with Crippen LogP contribution in [0.2, 0.25) is 0 Å². The van der Waals surface area contributed by atoms with Crippen LogP contribution >= 0.6 is 0 Å². The highest BCUT2D eigenvalue weighted by Crippen LogP contribution is 2.33. The molecule has 21 heavy (non-hydrogen) atoms. The summed E-state index contributed by atoms with van der Waals surface area (Å²) in [5.41, 5.74) is -1.32. The van der Waals surface area contributed by atoms with E-state index in [1.807, 2.05) is 4.72 Å². The van der Waals surface area contributed by atoms with Gasteiger partial charge in [-0.05, 0) is 18.6 Å². The molecule has 1 unspecified atom stereocenters. The molecule has 3 N–H and O–H groups in total. The number of aliphatic carboxylic acids is 1. The van der Waals surface area contributed by atoms with Gasteiger partial charge in [-0.1, -0.05) is 12.1 Å². The van der Waals surface area contributed by atoms with Crippen molar-refractivity contribution in [1.29, 1.82) is 0 Å². The standard InChI is InChI=1S/C11H12F3NO5S/c12-11(13,14)7-3-1-2-4-9(7)21(19,20)15-6-5-8(16)10(17)18/h1-4,8,15-16H,5-6H2,(H,17,18). The van der Waals surface area contributed by atoms with Crippen LogP contribution in [-0.2, 0) is 21.0 Å². The van der Waals surface area contributed by atoms with Gasteiger partial charge in [0.1, 0.15) is 0 Å². The maximum absolute atomic E-state index is 12.7. The van der Waals surface area contributed by atoms with Crippen LogP contribution in [0, 0.1) is 0 Å². The molecule has 1 aromatic carbocycles. The van der Waals surface area contributed by atoms with Crippen LogP contribution in [0.1, 0.15) is 12.0 Å². The van der Waals surface area contributed by atoms with Crippen LogP contribution < -0.4 is 4.72 Å². The van der Waals surface area contributed by atoms with Crippen molar-refractivity contribution in [3.05, 3.63) is 29.8 Å². The van der Waals surface area contributed by atoms with Gasteiger partial charge in [0.05, 0.1) is 10.5 Å². The summed E-state index contributed by atoms with van der Waals surface area (Å²) in [5.74, 6) is -1.55. The predicted octanol–water partition coefficient (Wildman–Crippen LogP) is 0.819. The highest BCUT2D eigenvalue weighted by Gasteiger charge is 2.36. The normalized spacial score (nSPS) is 13.9. The Bertz CT molecular complexity index is 615. The average molecular weight is 327 g/mol. The summed E-state index contributed by atoms with van der Waals surface area (Å²) in [6.45, 7) is -0.512. The maximum Gasteiger partial charge on any atom is 0.417 e. The smallest absolute Gasteiger partial charge is 0.417 e. The Labute approximate surface area is 118 Å². The zero-order valence-electron chi connectivity index (χ0n) is 10.5. The second kappa shape index (κ2) is 6.41. The lowest BCUT2D eigenvalue weighted by atomic mass is 10.2. The Hall–Kier alpha value is -1.65. The van der Waals surface area contributed by atoms with Gasteiger partial charge in [0, 0.05) is 6.54 Å². The number of hydrogen-bond donors (Lipinski definition) is 3. The number of nitrogens with one attached hydrogen (secondary N) is 1. The number of aliphatic hydroxyl groups is 1. The van der Waals surface area contributed by atoms with E-state index in [2.05, 4.69) is 0 Å². The Kier molecular flexibility index (Phi) is 5.31. The van der Waals surface area contributed by atoms with Crippen LogP contribution in [-0.4, -0.2) is 37.2 Å². The largest absolute Gasteiger partial charge is 0.479 e. The van der Waals surface area contributed by atoms with E-state index in [1.165, 1.54) is 0 Å². The fourth-order valence-electron chi connectivity index (χ4n) is 1.47.